The van der Waals surface area contributed by atoms with Gasteiger partial charge in [-0.25, -0.2) is 16.8 Å². The molecule has 0 heterocycles. The first-order valence-corrected chi connectivity index (χ1v) is 12.1. The Bertz CT molecular complexity index is 1090. The van der Waals surface area contributed by atoms with Gasteiger partial charge in [0.25, 0.3) is 10.0 Å². The maximum Gasteiger partial charge on any atom is 0.258 e. The van der Waals surface area contributed by atoms with Crippen LogP contribution in [-0.2, 0) is 26.5 Å². The summed E-state index contributed by atoms with van der Waals surface area (Å²) in [5.41, 5.74) is 2.38. The van der Waals surface area contributed by atoms with Crippen molar-refractivity contribution in [1.29, 1.82) is 0 Å². The van der Waals surface area contributed by atoms with E-state index in [4.69, 9.17) is 0 Å². The van der Waals surface area contributed by atoms with Crippen molar-refractivity contribution >= 4 is 31.8 Å². The molecule has 0 fully saturated rings. The summed E-state index contributed by atoms with van der Waals surface area (Å²) in [6.07, 6.45) is 2.80. The molecule has 0 radical (unpaired) electrons. The molecule has 3 rings (SSSR count). The Morgan fingerprint density at radius 2 is 1.54 bits per heavy atom. The molecule has 2 aromatic rings. The van der Waals surface area contributed by atoms with Crippen molar-refractivity contribution in [3.63, 3.8) is 0 Å². The fraction of sp³-hybridized carbons (Fsp3) is 0.300. The number of aryl methyl sites for hydroxylation is 1. The van der Waals surface area contributed by atoms with Crippen molar-refractivity contribution in [2.45, 2.75) is 31.6 Å². The van der Waals surface area contributed by atoms with Crippen molar-refractivity contribution in [2.75, 3.05) is 17.8 Å². The van der Waals surface area contributed by atoms with Crippen LogP contribution in [0, 0.1) is 0 Å². The summed E-state index contributed by atoms with van der Waals surface area (Å²) in [4.78, 5) is 0.469. The molecule has 0 saturated carbocycles. The molecule has 0 bridgehead atoms. The molecule has 28 heavy (non-hydrogen) atoms. The third-order valence-electron chi connectivity index (χ3n) is 4.81. The molecule has 1 aliphatic rings. The van der Waals surface area contributed by atoms with E-state index in [0.29, 0.717) is 36.5 Å². The summed E-state index contributed by atoms with van der Waals surface area (Å²) < 4.78 is 54.5. The van der Waals surface area contributed by atoms with Crippen LogP contribution in [0.5, 0.6) is 0 Å². The summed E-state index contributed by atoms with van der Waals surface area (Å²) in [7, 11) is -7.27. The number of hydrogen-bond donors (Lipinski definition) is 1. The summed E-state index contributed by atoms with van der Waals surface area (Å²) in [6.45, 7) is 4.31. The molecule has 0 saturated heterocycles. The summed E-state index contributed by atoms with van der Waals surface area (Å²) in [5, 5.41) is 0. The van der Waals surface area contributed by atoms with Crippen LogP contribution in [0.15, 0.2) is 58.3 Å². The zero-order chi connectivity index (χ0) is 20.4. The second-order valence-corrected chi connectivity index (χ2v) is 10.2. The second kappa shape index (κ2) is 8.06. The first-order valence-electron chi connectivity index (χ1n) is 9.19. The highest BCUT2D eigenvalue weighted by Gasteiger charge is 2.23. The van der Waals surface area contributed by atoms with Crippen LogP contribution in [0.1, 0.15) is 31.4 Å². The Morgan fingerprint density at radius 1 is 0.893 bits per heavy atom. The third kappa shape index (κ3) is 4.14. The van der Waals surface area contributed by atoms with Crippen LogP contribution in [-0.4, -0.2) is 34.2 Å². The number of benzene rings is 2. The van der Waals surface area contributed by atoms with Crippen molar-refractivity contribution in [3.05, 3.63) is 64.6 Å². The fourth-order valence-electron chi connectivity index (χ4n) is 3.25. The molecule has 150 valence electrons. The quantitative estimate of drug-likeness (QED) is 0.744. The number of rotatable bonds is 7. The van der Waals surface area contributed by atoms with Crippen molar-refractivity contribution in [2.24, 2.45) is 0 Å². The summed E-state index contributed by atoms with van der Waals surface area (Å²) in [5.74, 6) is 0. The Hall–Kier alpha value is -2.16. The molecule has 6 nitrogen and oxygen atoms in total. The lowest BCUT2D eigenvalue weighted by molar-refractivity contribution is 0.445. The van der Waals surface area contributed by atoms with Gasteiger partial charge in [-0.3, -0.25) is 4.72 Å². The van der Waals surface area contributed by atoms with Crippen LogP contribution in [0.4, 0.5) is 5.69 Å². The first kappa shape index (κ1) is 20.6. The molecule has 1 aliphatic carbocycles. The van der Waals surface area contributed by atoms with E-state index >= 15 is 0 Å². The summed E-state index contributed by atoms with van der Waals surface area (Å²) in [6, 6.07) is 13.5. The number of allylic oxidation sites excluding steroid dienone is 1. The Morgan fingerprint density at radius 3 is 2.18 bits per heavy atom. The van der Waals surface area contributed by atoms with E-state index in [-0.39, 0.29) is 4.90 Å². The first-order chi connectivity index (χ1) is 13.3. The zero-order valence-corrected chi connectivity index (χ0v) is 17.6. The van der Waals surface area contributed by atoms with Crippen molar-refractivity contribution in [3.8, 4) is 0 Å². The molecule has 8 heteroatoms. The van der Waals surface area contributed by atoms with E-state index < -0.39 is 20.0 Å². The van der Waals surface area contributed by atoms with Gasteiger partial charge in [0, 0.05) is 18.8 Å². The van der Waals surface area contributed by atoms with Crippen LogP contribution in [0.2, 0.25) is 0 Å². The van der Waals surface area contributed by atoms with Crippen LogP contribution >= 0.6 is 0 Å². The van der Waals surface area contributed by atoms with E-state index in [9.17, 15) is 16.8 Å². The van der Waals surface area contributed by atoms with Gasteiger partial charge in [0.2, 0.25) is 10.0 Å². The predicted octanol–water partition coefficient (Wildman–Crippen LogP) is 3.45. The van der Waals surface area contributed by atoms with Crippen LogP contribution in [0.3, 0.4) is 0 Å². The Labute approximate surface area is 167 Å². The van der Waals surface area contributed by atoms with Crippen LogP contribution < -0.4 is 4.72 Å². The number of sulfonamides is 2. The van der Waals surface area contributed by atoms with E-state index in [1.807, 2.05) is 24.3 Å². The average Bonchev–Trinajstić information content (AvgIpc) is 2.68. The van der Waals surface area contributed by atoms with Gasteiger partial charge in [-0.15, -0.1) is 0 Å². The number of nitrogens with one attached hydrogen (secondary N) is 1. The molecular formula is C20H24N2O4S2. The van der Waals surface area contributed by atoms with Crippen LogP contribution in [0.25, 0.3) is 6.08 Å². The maximum absolute atomic E-state index is 12.7. The lowest BCUT2D eigenvalue weighted by Gasteiger charge is -2.19. The minimum atomic E-state index is -3.70. The smallest absolute Gasteiger partial charge is 0.258 e. The van der Waals surface area contributed by atoms with Gasteiger partial charge < -0.3 is 0 Å². The molecule has 0 amide bonds. The lowest BCUT2D eigenvalue weighted by atomic mass is 9.98. The van der Waals surface area contributed by atoms with Gasteiger partial charge in [0.05, 0.1) is 9.80 Å². The number of nitrogens with zero attached hydrogens (tertiary/aromatic N) is 1. The van der Waals surface area contributed by atoms with Gasteiger partial charge in [-0.2, -0.15) is 4.31 Å². The summed E-state index contributed by atoms with van der Waals surface area (Å²) >= 11 is 0. The fourth-order valence-corrected chi connectivity index (χ4v) is 5.93. The van der Waals surface area contributed by atoms with E-state index in [1.54, 1.807) is 19.9 Å². The van der Waals surface area contributed by atoms with E-state index in [0.717, 1.165) is 11.1 Å². The molecule has 2 aromatic carbocycles. The number of fused-ring (bicyclic) bond motifs is 1. The largest absolute Gasteiger partial charge is 0.280 e. The van der Waals surface area contributed by atoms with Crippen molar-refractivity contribution < 1.29 is 16.8 Å². The zero-order valence-electron chi connectivity index (χ0n) is 15.9. The molecule has 0 aliphatic heterocycles. The predicted molar refractivity (Wildman–Crippen MR) is 112 cm³/mol. The maximum atomic E-state index is 12.7. The molecule has 0 spiro atoms. The normalized spacial score (nSPS) is 14.5. The molecule has 1 N–H and O–H groups in total. The highest BCUT2D eigenvalue weighted by Crippen LogP contribution is 2.28. The minimum absolute atomic E-state index is 0.143. The minimum Gasteiger partial charge on any atom is -0.280 e. The standard InChI is InChI=1S/C20H24N2O4S2/c1-3-22(4-2)28(25,26)19-13-10-18(11-14-19)21-27(23,24)20-12-9-16-7-5-6-8-17(16)15-20/h5-8,10-11,13-15,21H,3-4,9,12H2,1-2H3. The number of anilines is 1. The lowest BCUT2D eigenvalue weighted by Crippen LogP contribution is -2.30. The molecule has 0 aromatic heterocycles. The highest BCUT2D eigenvalue weighted by molar-refractivity contribution is 7.96. The van der Waals surface area contributed by atoms with Crippen molar-refractivity contribution in [1.82, 2.24) is 4.31 Å². The molecular weight excluding hydrogens is 396 g/mol. The van der Waals surface area contributed by atoms with E-state index in [2.05, 4.69) is 4.72 Å². The average molecular weight is 421 g/mol. The Balaban J connectivity index is 1.82. The van der Waals surface area contributed by atoms with Gasteiger partial charge in [0.15, 0.2) is 0 Å². The SMILES string of the molecule is CCN(CC)S(=O)(=O)c1ccc(NS(=O)(=O)C2=Cc3ccccc3CC2)cc1. The molecule has 0 unspecified atom stereocenters. The van der Waals surface area contributed by atoms with Gasteiger partial charge >= 0.3 is 0 Å². The highest BCUT2D eigenvalue weighted by atomic mass is 32.2. The topological polar surface area (TPSA) is 83.6 Å². The number of hydrogen-bond acceptors (Lipinski definition) is 4. The van der Waals surface area contributed by atoms with Gasteiger partial charge in [-0.1, -0.05) is 38.1 Å². The van der Waals surface area contributed by atoms with Gasteiger partial charge in [-0.05, 0) is 54.3 Å². The van der Waals surface area contributed by atoms with E-state index in [1.165, 1.54) is 28.6 Å². The second-order valence-electron chi connectivity index (χ2n) is 6.53. The van der Waals surface area contributed by atoms with Gasteiger partial charge in [0.1, 0.15) is 0 Å². The molecule has 0 atom stereocenters. The monoisotopic (exact) mass is 420 g/mol. The Kier molecular flexibility index (Phi) is 5.92. The third-order valence-corrected chi connectivity index (χ3v) is 8.39.